The Bertz CT molecular complexity index is 1180. The smallest absolute Gasteiger partial charge is 0.261 e. The van der Waals surface area contributed by atoms with E-state index >= 15 is 0 Å². The lowest BCUT2D eigenvalue weighted by atomic mass is 10.2. The first-order valence-electron chi connectivity index (χ1n) is 8.61. The van der Waals surface area contributed by atoms with Gasteiger partial charge in [0.15, 0.2) is 23.3 Å². The highest BCUT2D eigenvalue weighted by Crippen LogP contribution is 2.26. The van der Waals surface area contributed by atoms with Crippen LogP contribution in [0.1, 0.15) is 0 Å². The van der Waals surface area contributed by atoms with E-state index in [4.69, 9.17) is 0 Å². The normalized spacial score (nSPS) is 11.2. The minimum absolute atomic E-state index is 0.0443. The summed E-state index contributed by atoms with van der Waals surface area (Å²) in [5.41, 5.74) is -0.911. The Morgan fingerprint density at radius 3 is 2.03 bits per heavy atom. The summed E-state index contributed by atoms with van der Waals surface area (Å²) in [6, 6.07) is 13.8. The van der Waals surface area contributed by atoms with Gasteiger partial charge in [0.05, 0.1) is 10.6 Å². The van der Waals surface area contributed by atoms with Crippen LogP contribution in [0.2, 0.25) is 0 Å². The number of amides is 1. The SMILES string of the molecule is O=C(CSc1ccc(NS(=O)(=O)c2ccccc2)cc1)Nc1c(F)c(F)cc(F)c1F. The van der Waals surface area contributed by atoms with Crippen LogP contribution >= 0.6 is 11.8 Å². The molecule has 0 aliphatic carbocycles. The molecular weight excluding hydrogens is 456 g/mol. The van der Waals surface area contributed by atoms with Crippen LogP contribution in [0.15, 0.2) is 70.5 Å². The lowest BCUT2D eigenvalue weighted by molar-refractivity contribution is -0.113. The maximum atomic E-state index is 13.6. The predicted molar refractivity (Wildman–Crippen MR) is 109 cm³/mol. The number of sulfonamides is 1. The highest BCUT2D eigenvalue weighted by Gasteiger charge is 2.21. The first-order chi connectivity index (χ1) is 14.7. The molecule has 0 aliphatic heterocycles. The molecule has 0 fully saturated rings. The molecule has 0 atom stereocenters. The third-order valence-corrected chi connectivity index (χ3v) is 6.32. The van der Waals surface area contributed by atoms with Crippen LogP contribution in [0.4, 0.5) is 28.9 Å². The Balaban J connectivity index is 1.60. The van der Waals surface area contributed by atoms with Gasteiger partial charge in [0, 0.05) is 16.6 Å². The second-order valence-electron chi connectivity index (χ2n) is 6.12. The zero-order chi connectivity index (χ0) is 22.6. The van der Waals surface area contributed by atoms with Crippen LogP contribution in [-0.4, -0.2) is 20.1 Å². The van der Waals surface area contributed by atoms with E-state index in [2.05, 4.69) is 4.72 Å². The van der Waals surface area contributed by atoms with Crippen molar-refractivity contribution in [1.82, 2.24) is 0 Å². The van der Waals surface area contributed by atoms with Gasteiger partial charge < -0.3 is 5.32 Å². The summed E-state index contributed by atoms with van der Waals surface area (Å²) in [5, 5.41) is 1.81. The zero-order valence-corrected chi connectivity index (χ0v) is 17.2. The van der Waals surface area contributed by atoms with Crippen LogP contribution in [0.5, 0.6) is 0 Å². The van der Waals surface area contributed by atoms with E-state index in [0.717, 1.165) is 11.8 Å². The molecule has 11 heteroatoms. The number of thioether (sulfide) groups is 1. The van der Waals surface area contributed by atoms with Gasteiger partial charge in [-0.15, -0.1) is 11.8 Å². The molecule has 3 rings (SSSR count). The lowest BCUT2D eigenvalue weighted by Crippen LogP contribution is -2.17. The summed E-state index contributed by atoms with van der Waals surface area (Å²) in [4.78, 5) is 12.6. The number of benzene rings is 3. The molecule has 0 aromatic heterocycles. The van der Waals surface area contributed by atoms with Crippen molar-refractivity contribution >= 4 is 39.1 Å². The lowest BCUT2D eigenvalue weighted by Gasteiger charge is -2.10. The van der Waals surface area contributed by atoms with Crippen molar-refractivity contribution < 1.29 is 30.8 Å². The van der Waals surface area contributed by atoms with Gasteiger partial charge in [-0.1, -0.05) is 18.2 Å². The van der Waals surface area contributed by atoms with Gasteiger partial charge in [-0.05, 0) is 36.4 Å². The topological polar surface area (TPSA) is 75.3 Å². The summed E-state index contributed by atoms with van der Waals surface area (Å²) in [6.07, 6.45) is 0. The second-order valence-corrected chi connectivity index (χ2v) is 8.85. The van der Waals surface area contributed by atoms with Gasteiger partial charge in [0.25, 0.3) is 10.0 Å². The number of carbonyl (C=O) groups excluding carboxylic acids is 1. The van der Waals surface area contributed by atoms with Gasteiger partial charge in [-0.25, -0.2) is 26.0 Å². The largest absolute Gasteiger partial charge is 0.320 e. The molecule has 31 heavy (non-hydrogen) atoms. The Hall–Kier alpha value is -3.05. The van der Waals surface area contributed by atoms with E-state index in [9.17, 15) is 30.8 Å². The number of hydrogen-bond donors (Lipinski definition) is 2. The number of halogens is 4. The quantitative estimate of drug-likeness (QED) is 0.296. The molecule has 1 amide bonds. The van der Waals surface area contributed by atoms with E-state index in [0.29, 0.717) is 4.90 Å². The molecule has 0 unspecified atom stereocenters. The van der Waals surface area contributed by atoms with Crippen molar-refractivity contribution in [2.75, 3.05) is 15.8 Å². The first-order valence-corrected chi connectivity index (χ1v) is 11.1. The van der Waals surface area contributed by atoms with Crippen LogP contribution in [0.3, 0.4) is 0 Å². The van der Waals surface area contributed by atoms with Crippen molar-refractivity contribution in [3.05, 3.63) is 83.9 Å². The fraction of sp³-hybridized carbons (Fsp3) is 0.0500. The Kier molecular flexibility index (Phi) is 6.86. The fourth-order valence-corrected chi connectivity index (χ4v) is 4.22. The third-order valence-electron chi connectivity index (χ3n) is 3.91. The molecule has 5 nitrogen and oxygen atoms in total. The summed E-state index contributed by atoms with van der Waals surface area (Å²) in [6.45, 7) is 0. The standard InChI is InChI=1S/C20H14F4N2O3S2/c21-15-10-16(22)19(24)20(18(15)23)25-17(27)11-30-13-8-6-12(7-9-13)26-31(28,29)14-4-2-1-3-5-14/h1-10,26H,11H2,(H,25,27). The third kappa shape index (κ3) is 5.56. The molecule has 0 bridgehead atoms. The van der Waals surface area contributed by atoms with E-state index < -0.39 is 44.9 Å². The molecular formula is C20H14F4N2O3S2. The van der Waals surface area contributed by atoms with Crippen LogP contribution in [0.25, 0.3) is 0 Å². The van der Waals surface area contributed by atoms with Gasteiger partial charge in [-0.2, -0.15) is 0 Å². The van der Waals surface area contributed by atoms with E-state index in [1.165, 1.54) is 36.4 Å². The highest BCUT2D eigenvalue weighted by atomic mass is 32.2. The number of anilines is 2. The van der Waals surface area contributed by atoms with Gasteiger partial charge in [0.1, 0.15) is 5.69 Å². The molecule has 3 aromatic carbocycles. The molecule has 0 aliphatic rings. The van der Waals surface area contributed by atoms with Crippen molar-refractivity contribution in [3.8, 4) is 0 Å². The van der Waals surface area contributed by atoms with Gasteiger partial charge in [-0.3, -0.25) is 9.52 Å². The number of nitrogens with one attached hydrogen (secondary N) is 2. The minimum Gasteiger partial charge on any atom is -0.320 e. The second kappa shape index (κ2) is 9.40. The van der Waals surface area contributed by atoms with Crippen molar-refractivity contribution in [1.29, 1.82) is 0 Å². The molecule has 0 saturated heterocycles. The summed E-state index contributed by atoms with van der Waals surface area (Å²) >= 11 is 0.969. The van der Waals surface area contributed by atoms with Gasteiger partial charge >= 0.3 is 0 Å². The van der Waals surface area contributed by atoms with Crippen LogP contribution < -0.4 is 10.0 Å². The minimum atomic E-state index is -3.75. The Morgan fingerprint density at radius 2 is 1.45 bits per heavy atom. The van der Waals surface area contributed by atoms with Gasteiger partial charge in [0.2, 0.25) is 5.91 Å². The van der Waals surface area contributed by atoms with Crippen molar-refractivity contribution in [2.24, 2.45) is 0 Å². The summed E-state index contributed by atoms with van der Waals surface area (Å²) < 4.78 is 80.6. The number of carbonyl (C=O) groups is 1. The zero-order valence-electron chi connectivity index (χ0n) is 15.5. The van der Waals surface area contributed by atoms with E-state index in [1.807, 2.05) is 5.32 Å². The Morgan fingerprint density at radius 1 is 0.871 bits per heavy atom. The highest BCUT2D eigenvalue weighted by molar-refractivity contribution is 8.00. The van der Waals surface area contributed by atoms with E-state index in [-0.39, 0.29) is 22.4 Å². The number of rotatable bonds is 7. The molecule has 0 saturated carbocycles. The first kappa shape index (κ1) is 22.6. The monoisotopic (exact) mass is 470 g/mol. The number of hydrogen-bond acceptors (Lipinski definition) is 4. The van der Waals surface area contributed by atoms with Crippen LogP contribution in [-0.2, 0) is 14.8 Å². The fourth-order valence-electron chi connectivity index (χ4n) is 2.44. The average molecular weight is 470 g/mol. The summed E-state index contributed by atoms with van der Waals surface area (Å²) in [7, 11) is -3.75. The van der Waals surface area contributed by atoms with Crippen LogP contribution in [0, 0.1) is 23.3 Å². The van der Waals surface area contributed by atoms with Crippen molar-refractivity contribution in [2.45, 2.75) is 9.79 Å². The molecule has 2 N–H and O–H groups in total. The average Bonchev–Trinajstić information content (AvgIpc) is 2.75. The molecule has 0 heterocycles. The maximum Gasteiger partial charge on any atom is 0.261 e. The predicted octanol–water partition coefficient (Wildman–Crippen LogP) is 4.77. The molecule has 3 aromatic rings. The Labute approximate surface area is 179 Å². The maximum absolute atomic E-state index is 13.6. The van der Waals surface area contributed by atoms with Crippen molar-refractivity contribution in [3.63, 3.8) is 0 Å². The summed E-state index contributed by atoms with van der Waals surface area (Å²) in [5.74, 6) is -7.86. The molecule has 162 valence electrons. The van der Waals surface area contributed by atoms with E-state index in [1.54, 1.807) is 18.2 Å². The molecule has 0 radical (unpaired) electrons. The molecule has 0 spiro atoms.